The Labute approximate surface area is 196 Å². The van der Waals surface area contributed by atoms with E-state index in [0.717, 1.165) is 0 Å². The fraction of sp³-hybridized carbons (Fsp3) is 0.438. The van der Waals surface area contributed by atoms with E-state index in [1.807, 2.05) is 0 Å². The summed E-state index contributed by atoms with van der Waals surface area (Å²) in [5.41, 5.74) is 4.85. The lowest BCUT2D eigenvalue weighted by Gasteiger charge is -2.23. The monoisotopic (exact) mass is 619 g/mol. The molecule has 0 spiro atoms. The molecule has 3 atom stereocenters. The van der Waals surface area contributed by atoms with Crippen LogP contribution >= 0.6 is 47.8 Å². The number of nitrogens with two attached hydrogens (primary N) is 1. The molecule has 0 radical (unpaired) electrons. The molecule has 0 saturated heterocycles. The Balaban J connectivity index is 3.52. The topological polar surface area (TPSA) is 202 Å². The molecule has 0 saturated carbocycles. The highest BCUT2D eigenvalue weighted by Crippen LogP contribution is 2.42. The van der Waals surface area contributed by atoms with Crippen molar-refractivity contribution in [1.29, 1.82) is 0 Å². The van der Waals surface area contributed by atoms with Crippen molar-refractivity contribution in [2.45, 2.75) is 24.7 Å². The molecule has 11 nitrogen and oxygen atoms in total. The number of carbonyl (C=O) groups is 3. The summed E-state index contributed by atoms with van der Waals surface area (Å²) in [6.45, 7) is -1.88. The van der Waals surface area contributed by atoms with Gasteiger partial charge in [-0.25, -0.2) is 0 Å². The van der Waals surface area contributed by atoms with Crippen LogP contribution in [0.4, 0.5) is 5.69 Å². The third kappa shape index (κ3) is 6.20. The standard InChI is InChI=1S/C16H20Br3N3O8/c17-10-8(14(20)28)11(18)13(22-15(29)6(26)1-2-23)12(19)9(10)16(30)21-5(3-24)7(27)4-25/h5-7,23-27H,1-4H2,(H2,20,28)(H,21,30)(H,22,29). The Morgan fingerprint density at radius 1 is 0.933 bits per heavy atom. The number of hydrogen-bond donors (Lipinski definition) is 8. The first kappa shape index (κ1) is 26.9. The maximum Gasteiger partial charge on any atom is 0.254 e. The number of hydrogen-bond acceptors (Lipinski definition) is 8. The molecule has 1 aromatic carbocycles. The summed E-state index contributed by atoms with van der Waals surface area (Å²) in [7, 11) is 0. The number of primary amides is 1. The average Bonchev–Trinajstić information content (AvgIpc) is 2.68. The number of nitrogens with one attached hydrogen (secondary N) is 2. The van der Waals surface area contributed by atoms with E-state index in [2.05, 4.69) is 58.4 Å². The molecule has 3 amide bonds. The van der Waals surface area contributed by atoms with Gasteiger partial charge in [-0.1, -0.05) is 0 Å². The molecule has 3 unspecified atom stereocenters. The predicted octanol–water partition coefficient (Wildman–Crippen LogP) is -0.801. The molecule has 14 heteroatoms. The smallest absolute Gasteiger partial charge is 0.254 e. The highest BCUT2D eigenvalue weighted by Gasteiger charge is 2.30. The van der Waals surface area contributed by atoms with E-state index in [1.165, 1.54) is 0 Å². The van der Waals surface area contributed by atoms with Crippen LogP contribution in [0.3, 0.4) is 0 Å². The number of carbonyl (C=O) groups excluding carboxylic acids is 3. The lowest BCUT2D eigenvalue weighted by molar-refractivity contribution is -0.124. The largest absolute Gasteiger partial charge is 0.396 e. The number of amides is 3. The van der Waals surface area contributed by atoms with Gasteiger partial charge in [0.05, 0.1) is 51.1 Å². The van der Waals surface area contributed by atoms with Crippen LogP contribution in [0.2, 0.25) is 0 Å². The van der Waals surface area contributed by atoms with Crippen molar-refractivity contribution in [2.24, 2.45) is 5.73 Å². The van der Waals surface area contributed by atoms with E-state index in [4.69, 9.17) is 15.9 Å². The summed E-state index contributed by atoms with van der Waals surface area (Å²) in [6.07, 6.45) is -3.27. The van der Waals surface area contributed by atoms with E-state index < -0.39 is 55.8 Å². The lowest BCUT2D eigenvalue weighted by Crippen LogP contribution is -2.47. The Morgan fingerprint density at radius 3 is 1.97 bits per heavy atom. The number of aliphatic hydroxyl groups is 5. The molecule has 168 valence electrons. The van der Waals surface area contributed by atoms with Gasteiger partial charge in [0, 0.05) is 17.5 Å². The average molecular weight is 622 g/mol. The Hall–Kier alpha value is -1.13. The van der Waals surface area contributed by atoms with Crippen molar-refractivity contribution in [3.05, 3.63) is 24.5 Å². The van der Waals surface area contributed by atoms with Gasteiger partial charge in [0.2, 0.25) is 0 Å². The summed E-state index contributed by atoms with van der Waals surface area (Å²) in [5, 5.41) is 51.3. The van der Waals surface area contributed by atoms with E-state index in [-0.39, 0.29) is 36.7 Å². The van der Waals surface area contributed by atoms with Crippen LogP contribution in [0.1, 0.15) is 27.1 Å². The molecule has 0 aliphatic carbocycles. The summed E-state index contributed by atoms with van der Waals surface area (Å²) >= 11 is 9.40. The van der Waals surface area contributed by atoms with Gasteiger partial charge < -0.3 is 41.9 Å². The Kier molecular flexibility index (Phi) is 10.8. The second kappa shape index (κ2) is 12.0. The van der Waals surface area contributed by atoms with Gasteiger partial charge in [0.25, 0.3) is 17.7 Å². The Morgan fingerprint density at radius 2 is 1.50 bits per heavy atom. The minimum atomic E-state index is -1.56. The molecular formula is C16H20Br3N3O8. The maximum absolute atomic E-state index is 12.8. The quantitative estimate of drug-likeness (QED) is 0.166. The van der Waals surface area contributed by atoms with Crippen LogP contribution < -0.4 is 16.4 Å². The van der Waals surface area contributed by atoms with Crippen molar-refractivity contribution in [3.8, 4) is 0 Å². The first-order chi connectivity index (χ1) is 14.0. The normalized spacial score (nSPS) is 14.0. The zero-order chi connectivity index (χ0) is 23.2. The second-order valence-corrected chi connectivity index (χ2v) is 8.34. The summed E-state index contributed by atoms with van der Waals surface area (Å²) in [4.78, 5) is 36.9. The maximum atomic E-state index is 12.8. The molecule has 1 aromatic rings. The van der Waals surface area contributed by atoms with Crippen LogP contribution in [-0.4, -0.2) is 81.3 Å². The first-order valence-corrected chi connectivity index (χ1v) is 10.7. The Bertz CT molecular complexity index is 824. The second-order valence-electron chi connectivity index (χ2n) is 5.96. The van der Waals surface area contributed by atoms with Crippen molar-refractivity contribution < 1.29 is 39.9 Å². The molecule has 1 rings (SSSR count). The van der Waals surface area contributed by atoms with Crippen LogP contribution in [0.25, 0.3) is 0 Å². The molecule has 0 heterocycles. The molecule has 0 aromatic heterocycles. The van der Waals surface area contributed by atoms with Gasteiger partial charge in [-0.15, -0.1) is 0 Å². The highest BCUT2D eigenvalue weighted by atomic mass is 79.9. The summed E-state index contributed by atoms with van der Waals surface area (Å²) < 4.78 is -0.0808. The molecular weight excluding hydrogens is 602 g/mol. The van der Waals surface area contributed by atoms with Gasteiger partial charge in [0.15, 0.2) is 0 Å². The van der Waals surface area contributed by atoms with Crippen molar-refractivity contribution >= 4 is 71.2 Å². The number of benzene rings is 1. The van der Waals surface area contributed by atoms with E-state index in [9.17, 15) is 29.7 Å². The molecule has 0 bridgehead atoms. The van der Waals surface area contributed by atoms with Gasteiger partial charge in [-0.05, 0) is 47.8 Å². The van der Waals surface area contributed by atoms with Crippen LogP contribution in [0.15, 0.2) is 13.4 Å². The van der Waals surface area contributed by atoms with Crippen molar-refractivity contribution in [3.63, 3.8) is 0 Å². The third-order valence-electron chi connectivity index (χ3n) is 3.91. The SMILES string of the molecule is NC(=O)c1c(Br)c(NC(=O)C(O)CCO)c(Br)c(C(=O)NC(CO)C(O)CO)c1Br. The molecule has 0 fully saturated rings. The number of rotatable bonds is 10. The van der Waals surface area contributed by atoms with Gasteiger partial charge >= 0.3 is 0 Å². The molecule has 30 heavy (non-hydrogen) atoms. The van der Waals surface area contributed by atoms with Gasteiger partial charge in [0.1, 0.15) is 6.10 Å². The number of aliphatic hydroxyl groups excluding tert-OH is 5. The number of halogens is 3. The number of anilines is 1. The first-order valence-electron chi connectivity index (χ1n) is 8.32. The van der Waals surface area contributed by atoms with Crippen LogP contribution in [0, 0.1) is 0 Å². The van der Waals surface area contributed by atoms with E-state index in [1.54, 1.807) is 0 Å². The fourth-order valence-corrected chi connectivity index (χ4v) is 5.22. The van der Waals surface area contributed by atoms with Crippen molar-refractivity contribution in [1.82, 2.24) is 5.32 Å². The minimum absolute atomic E-state index is 0.00366. The minimum Gasteiger partial charge on any atom is -0.396 e. The van der Waals surface area contributed by atoms with Crippen LogP contribution in [-0.2, 0) is 4.79 Å². The van der Waals surface area contributed by atoms with E-state index in [0.29, 0.717) is 0 Å². The lowest BCUT2D eigenvalue weighted by atomic mass is 10.1. The van der Waals surface area contributed by atoms with Gasteiger partial charge in [-0.2, -0.15) is 0 Å². The predicted molar refractivity (Wildman–Crippen MR) is 116 cm³/mol. The summed E-state index contributed by atoms with van der Waals surface area (Å²) in [6, 6.07) is -1.23. The zero-order valence-corrected chi connectivity index (χ0v) is 20.0. The molecule has 0 aliphatic heterocycles. The third-order valence-corrected chi connectivity index (χ3v) is 6.29. The molecule has 0 aliphatic rings. The molecule has 9 N–H and O–H groups in total. The zero-order valence-electron chi connectivity index (χ0n) is 15.2. The van der Waals surface area contributed by atoms with Crippen LogP contribution in [0.5, 0.6) is 0 Å². The fourth-order valence-electron chi connectivity index (χ4n) is 2.28. The van der Waals surface area contributed by atoms with Gasteiger partial charge in [-0.3, -0.25) is 14.4 Å². The van der Waals surface area contributed by atoms with Crippen molar-refractivity contribution in [2.75, 3.05) is 25.1 Å². The highest BCUT2D eigenvalue weighted by molar-refractivity contribution is 9.11. The summed E-state index contributed by atoms with van der Waals surface area (Å²) in [5.74, 6) is -2.77. The van der Waals surface area contributed by atoms with E-state index >= 15 is 0 Å².